The molecule has 0 spiro atoms. The van der Waals surface area contributed by atoms with Gasteiger partial charge in [-0.2, -0.15) is 0 Å². The summed E-state index contributed by atoms with van der Waals surface area (Å²) < 4.78 is 0. The molecule has 0 bridgehead atoms. The van der Waals surface area contributed by atoms with E-state index in [1.165, 1.54) is 0 Å². The first-order valence-electron chi connectivity index (χ1n) is 0.996. The molecule has 0 unspecified atom stereocenters. The van der Waals surface area contributed by atoms with Crippen molar-refractivity contribution in [2.24, 2.45) is 0 Å². The standard InChI is InChI=1S/C2H5O.2K.H2O/c1-2-3;;;/h2H2,1H3;;;1H2/q-1;2*+1;/p-1. The molecule has 0 heterocycles. The molecular formula is C2H6K2O2. The zero-order chi connectivity index (χ0) is 2.71. The Labute approximate surface area is 123 Å². The van der Waals surface area contributed by atoms with Crippen LogP contribution in [-0.2, 0) is 0 Å². The second-order valence-electron chi connectivity index (χ2n) is 0.289. The van der Waals surface area contributed by atoms with Crippen LogP contribution in [0, 0.1) is 0 Å². The van der Waals surface area contributed by atoms with Crippen molar-refractivity contribution >= 4 is 0 Å². The molecule has 0 rings (SSSR count). The average Bonchev–Trinajstić information content (AvgIpc) is 0.918. The van der Waals surface area contributed by atoms with Crippen LogP contribution >= 0.6 is 0 Å². The fraction of sp³-hybridized carbons (Fsp3) is 1.00. The van der Waals surface area contributed by atoms with Gasteiger partial charge in [0, 0.05) is 0 Å². The minimum Gasteiger partial charge on any atom is -0.870 e. The van der Waals surface area contributed by atoms with Gasteiger partial charge in [0.05, 0.1) is 0 Å². The number of hydrogen-bond donors (Lipinski definition) is 0. The summed E-state index contributed by atoms with van der Waals surface area (Å²) in [7, 11) is 0. The third-order valence-electron chi connectivity index (χ3n) is 0. The Kier molecular flexibility index (Phi) is 92.0. The van der Waals surface area contributed by atoms with Gasteiger partial charge in [0.15, 0.2) is 0 Å². The van der Waals surface area contributed by atoms with Gasteiger partial charge in [-0.1, -0.05) is 6.92 Å². The van der Waals surface area contributed by atoms with Gasteiger partial charge in [0.2, 0.25) is 0 Å². The average molecular weight is 140 g/mol. The summed E-state index contributed by atoms with van der Waals surface area (Å²) in [5.74, 6) is 0. The van der Waals surface area contributed by atoms with E-state index in [1.807, 2.05) is 0 Å². The maximum absolute atomic E-state index is 8.93. The van der Waals surface area contributed by atoms with E-state index in [1.54, 1.807) is 6.92 Å². The summed E-state index contributed by atoms with van der Waals surface area (Å²) in [6.45, 7) is 1.57. The van der Waals surface area contributed by atoms with Crippen LogP contribution in [0.15, 0.2) is 0 Å². The molecule has 0 amide bonds. The van der Waals surface area contributed by atoms with Crippen molar-refractivity contribution in [2.75, 3.05) is 6.61 Å². The van der Waals surface area contributed by atoms with Gasteiger partial charge in [0.25, 0.3) is 0 Å². The molecule has 0 aliphatic rings. The second-order valence-corrected chi connectivity index (χ2v) is 0.289. The molecule has 0 aliphatic carbocycles. The topological polar surface area (TPSA) is 53.1 Å². The zero-order valence-electron chi connectivity index (χ0n) is 4.56. The molecular weight excluding hydrogens is 134 g/mol. The van der Waals surface area contributed by atoms with Gasteiger partial charge in [-0.15, -0.1) is 6.61 Å². The van der Waals surface area contributed by atoms with Gasteiger partial charge in [-0.3, -0.25) is 0 Å². The third-order valence-corrected chi connectivity index (χ3v) is 0. The number of rotatable bonds is 0. The molecule has 0 radical (unpaired) electrons. The molecule has 2 nitrogen and oxygen atoms in total. The van der Waals surface area contributed by atoms with E-state index < -0.39 is 0 Å². The zero-order valence-corrected chi connectivity index (χ0v) is 10.8. The maximum Gasteiger partial charge on any atom is 1.00 e. The van der Waals surface area contributed by atoms with Crippen LogP contribution in [0.4, 0.5) is 0 Å². The van der Waals surface area contributed by atoms with Gasteiger partial charge in [-0.25, -0.2) is 0 Å². The normalized spacial score (nSPS) is 3.00. The first-order chi connectivity index (χ1) is 1.41. The van der Waals surface area contributed by atoms with Gasteiger partial charge in [-0.05, 0) is 0 Å². The predicted molar refractivity (Wildman–Crippen MR) is 12.5 cm³/mol. The fourth-order valence-corrected chi connectivity index (χ4v) is 0. The monoisotopic (exact) mass is 140 g/mol. The largest absolute Gasteiger partial charge is 1.00 e. The quantitative estimate of drug-likeness (QED) is 0.314. The van der Waals surface area contributed by atoms with Crippen molar-refractivity contribution in [1.29, 1.82) is 0 Å². The molecule has 4 heteroatoms. The number of hydrogen-bond acceptors (Lipinski definition) is 2. The van der Waals surface area contributed by atoms with E-state index in [-0.39, 0.29) is 115 Å². The summed E-state index contributed by atoms with van der Waals surface area (Å²) in [6.07, 6.45) is 0. The van der Waals surface area contributed by atoms with Gasteiger partial charge < -0.3 is 10.6 Å². The Morgan fingerprint density at radius 2 is 1.33 bits per heavy atom. The summed E-state index contributed by atoms with van der Waals surface area (Å²) in [5, 5.41) is 8.93. The van der Waals surface area contributed by atoms with Crippen molar-refractivity contribution in [1.82, 2.24) is 0 Å². The van der Waals surface area contributed by atoms with E-state index in [2.05, 4.69) is 0 Å². The molecule has 0 atom stereocenters. The molecule has 0 aliphatic heterocycles. The molecule has 0 saturated carbocycles. The van der Waals surface area contributed by atoms with E-state index in [4.69, 9.17) is 5.11 Å². The van der Waals surface area contributed by atoms with Crippen molar-refractivity contribution in [3.05, 3.63) is 0 Å². The van der Waals surface area contributed by atoms with Crippen molar-refractivity contribution < 1.29 is 113 Å². The Morgan fingerprint density at radius 1 is 1.33 bits per heavy atom. The Hall–Kier alpha value is 3.19. The molecule has 28 valence electrons. The van der Waals surface area contributed by atoms with Crippen LogP contribution in [0.5, 0.6) is 0 Å². The Bertz CT molecular complexity index is 9.51. The molecule has 0 aromatic heterocycles. The van der Waals surface area contributed by atoms with E-state index in [0.717, 1.165) is 0 Å². The van der Waals surface area contributed by atoms with E-state index >= 15 is 0 Å². The van der Waals surface area contributed by atoms with Crippen LogP contribution in [0.3, 0.4) is 0 Å². The first-order valence-corrected chi connectivity index (χ1v) is 0.996. The molecule has 0 fully saturated rings. The fourth-order valence-electron chi connectivity index (χ4n) is 0. The van der Waals surface area contributed by atoms with E-state index in [0.29, 0.717) is 0 Å². The van der Waals surface area contributed by atoms with Crippen molar-refractivity contribution in [3.63, 3.8) is 0 Å². The minimum atomic E-state index is 0. The van der Waals surface area contributed by atoms with Gasteiger partial charge >= 0.3 is 103 Å². The van der Waals surface area contributed by atoms with Crippen LogP contribution in [0.25, 0.3) is 0 Å². The third kappa shape index (κ3) is 27.1. The van der Waals surface area contributed by atoms with Crippen LogP contribution < -0.4 is 108 Å². The van der Waals surface area contributed by atoms with Crippen LogP contribution in [-0.4, -0.2) is 12.1 Å². The molecule has 0 saturated heterocycles. The molecule has 0 aromatic rings. The van der Waals surface area contributed by atoms with Crippen molar-refractivity contribution in [3.8, 4) is 0 Å². The van der Waals surface area contributed by atoms with Crippen LogP contribution in [0.2, 0.25) is 0 Å². The van der Waals surface area contributed by atoms with Crippen LogP contribution in [0.1, 0.15) is 6.92 Å². The summed E-state index contributed by atoms with van der Waals surface area (Å²) in [6, 6.07) is 0. The Morgan fingerprint density at radius 3 is 1.33 bits per heavy atom. The SMILES string of the molecule is CC[O-].[K+].[K+].[OH-]. The minimum absolute atomic E-state index is 0. The molecule has 1 N–H and O–H groups in total. The predicted octanol–water partition coefficient (Wildman–Crippen LogP) is -6.80. The summed E-state index contributed by atoms with van der Waals surface area (Å²) >= 11 is 0. The van der Waals surface area contributed by atoms with E-state index in [9.17, 15) is 0 Å². The molecule has 6 heavy (non-hydrogen) atoms. The maximum atomic E-state index is 8.93. The smallest absolute Gasteiger partial charge is 0.870 e. The summed E-state index contributed by atoms with van der Waals surface area (Å²) in [4.78, 5) is 0. The second kappa shape index (κ2) is 24.1. The van der Waals surface area contributed by atoms with Crippen molar-refractivity contribution in [2.45, 2.75) is 6.92 Å². The molecule has 0 aromatic carbocycles. The summed E-state index contributed by atoms with van der Waals surface area (Å²) in [5.41, 5.74) is 0. The first kappa shape index (κ1) is 22.9. The van der Waals surface area contributed by atoms with Gasteiger partial charge in [0.1, 0.15) is 0 Å². The Balaban J connectivity index is -0.00000000667.